The zero-order chi connectivity index (χ0) is 18.0. The smallest absolute Gasteiger partial charge is 0.251 e. The molecule has 1 atom stereocenters. The van der Waals surface area contributed by atoms with E-state index in [1.807, 2.05) is 20.8 Å². The van der Waals surface area contributed by atoms with Gasteiger partial charge in [-0.3, -0.25) is 9.59 Å². The van der Waals surface area contributed by atoms with Gasteiger partial charge in [0.1, 0.15) is 0 Å². The second kappa shape index (κ2) is 6.93. The van der Waals surface area contributed by atoms with Crippen molar-refractivity contribution in [2.45, 2.75) is 27.2 Å². The average Bonchev–Trinajstić information content (AvgIpc) is 2.83. The molecule has 1 heterocycles. The maximum absolute atomic E-state index is 12.2. The van der Waals surface area contributed by atoms with Crippen LogP contribution in [0.25, 0.3) is 0 Å². The summed E-state index contributed by atoms with van der Waals surface area (Å²) in [6, 6.07) is 6.70. The second-order valence-electron chi connectivity index (χ2n) is 7.26. The minimum Gasteiger partial charge on any atom is -0.352 e. The summed E-state index contributed by atoms with van der Waals surface area (Å²) in [6.07, 6.45) is 0.588. The lowest BCUT2D eigenvalue weighted by molar-refractivity contribution is -0.123. The first-order valence-corrected chi connectivity index (χ1v) is 9.79. The molecule has 6 nitrogen and oxygen atoms in total. The molecule has 1 aromatic carbocycles. The van der Waals surface area contributed by atoms with E-state index in [1.165, 1.54) is 0 Å². The summed E-state index contributed by atoms with van der Waals surface area (Å²) in [5.74, 6) is -0.0957. The normalized spacial score (nSPS) is 19.7. The van der Waals surface area contributed by atoms with Crippen LogP contribution in [-0.4, -0.2) is 38.3 Å². The third-order valence-electron chi connectivity index (χ3n) is 3.94. The summed E-state index contributed by atoms with van der Waals surface area (Å²) in [5, 5.41) is 5.56. The molecule has 1 fully saturated rings. The van der Waals surface area contributed by atoms with Crippen LogP contribution in [-0.2, 0) is 14.6 Å². The molecule has 1 saturated heterocycles. The number of sulfone groups is 1. The molecule has 1 aromatic rings. The van der Waals surface area contributed by atoms with Gasteiger partial charge in [0.25, 0.3) is 5.91 Å². The highest BCUT2D eigenvalue weighted by Gasteiger charge is 2.28. The van der Waals surface area contributed by atoms with Gasteiger partial charge in [-0.05, 0) is 30.5 Å². The van der Waals surface area contributed by atoms with Crippen LogP contribution in [0.1, 0.15) is 37.6 Å². The monoisotopic (exact) mass is 352 g/mol. The molecule has 7 heteroatoms. The van der Waals surface area contributed by atoms with Gasteiger partial charge < -0.3 is 10.6 Å². The van der Waals surface area contributed by atoms with Gasteiger partial charge in [-0.2, -0.15) is 0 Å². The Morgan fingerprint density at radius 3 is 2.54 bits per heavy atom. The Kier molecular flexibility index (Phi) is 5.32. The van der Waals surface area contributed by atoms with Crippen LogP contribution in [0.15, 0.2) is 24.3 Å². The maximum Gasteiger partial charge on any atom is 0.251 e. The standard InChI is InChI=1S/C17H24N2O4S/c1-17(2,3)16(21)19-14-6-4-5-13(9-14)15(20)18-10-12-7-8-24(22,23)11-12/h4-6,9,12H,7-8,10-11H2,1-3H3,(H,18,20)(H,19,21). The molecular weight excluding hydrogens is 328 g/mol. The number of benzene rings is 1. The third kappa shape index (κ3) is 5.06. The highest BCUT2D eigenvalue weighted by molar-refractivity contribution is 7.91. The SMILES string of the molecule is CC(C)(C)C(=O)Nc1cccc(C(=O)NCC2CCS(=O)(=O)C2)c1. The predicted octanol–water partition coefficient (Wildman–Crippen LogP) is 1.84. The minimum absolute atomic E-state index is 0.0253. The largest absolute Gasteiger partial charge is 0.352 e. The van der Waals surface area contributed by atoms with Crippen molar-refractivity contribution in [1.29, 1.82) is 0 Å². The van der Waals surface area contributed by atoms with Crippen LogP contribution in [0.5, 0.6) is 0 Å². The molecule has 2 amide bonds. The summed E-state index contributed by atoms with van der Waals surface area (Å²) in [6.45, 7) is 5.79. The van der Waals surface area contributed by atoms with E-state index < -0.39 is 15.3 Å². The van der Waals surface area contributed by atoms with Crippen LogP contribution in [0, 0.1) is 11.3 Å². The van der Waals surface area contributed by atoms with Crippen molar-refractivity contribution in [1.82, 2.24) is 5.32 Å². The maximum atomic E-state index is 12.2. The van der Waals surface area contributed by atoms with Gasteiger partial charge >= 0.3 is 0 Å². The van der Waals surface area contributed by atoms with Crippen molar-refractivity contribution in [3.8, 4) is 0 Å². The van der Waals surface area contributed by atoms with E-state index in [4.69, 9.17) is 0 Å². The molecule has 1 unspecified atom stereocenters. The molecule has 2 rings (SSSR count). The number of carbonyl (C=O) groups excluding carboxylic acids is 2. The summed E-state index contributed by atoms with van der Waals surface area (Å²) in [4.78, 5) is 24.2. The quantitative estimate of drug-likeness (QED) is 0.865. The lowest BCUT2D eigenvalue weighted by Crippen LogP contribution is -2.30. The Balaban J connectivity index is 1.95. The summed E-state index contributed by atoms with van der Waals surface area (Å²) < 4.78 is 22.9. The molecule has 0 bridgehead atoms. The van der Waals surface area contributed by atoms with Crippen LogP contribution in [0.2, 0.25) is 0 Å². The zero-order valence-electron chi connectivity index (χ0n) is 14.3. The highest BCUT2D eigenvalue weighted by Crippen LogP contribution is 2.19. The Hall–Kier alpha value is -1.89. The number of anilines is 1. The lowest BCUT2D eigenvalue weighted by Gasteiger charge is -2.18. The van der Waals surface area contributed by atoms with Crippen molar-refractivity contribution < 1.29 is 18.0 Å². The molecule has 0 aromatic heterocycles. The van der Waals surface area contributed by atoms with E-state index in [2.05, 4.69) is 10.6 Å². The molecule has 0 spiro atoms. The Labute approximate surface area is 142 Å². The van der Waals surface area contributed by atoms with E-state index in [9.17, 15) is 18.0 Å². The number of rotatable bonds is 4. The third-order valence-corrected chi connectivity index (χ3v) is 5.78. The Morgan fingerprint density at radius 2 is 1.96 bits per heavy atom. The van der Waals surface area contributed by atoms with Gasteiger partial charge in [-0.1, -0.05) is 26.8 Å². The molecule has 0 saturated carbocycles. The zero-order valence-corrected chi connectivity index (χ0v) is 15.1. The van der Waals surface area contributed by atoms with Crippen molar-refractivity contribution in [3.05, 3.63) is 29.8 Å². The number of carbonyl (C=O) groups is 2. The fourth-order valence-electron chi connectivity index (χ4n) is 2.43. The van der Waals surface area contributed by atoms with Gasteiger partial charge in [-0.15, -0.1) is 0 Å². The molecule has 0 radical (unpaired) electrons. The molecular formula is C17H24N2O4S. The second-order valence-corrected chi connectivity index (χ2v) is 9.49. The lowest BCUT2D eigenvalue weighted by atomic mass is 9.95. The van der Waals surface area contributed by atoms with Crippen LogP contribution in [0.4, 0.5) is 5.69 Å². The fraction of sp³-hybridized carbons (Fsp3) is 0.529. The first kappa shape index (κ1) is 18.4. The first-order valence-electron chi connectivity index (χ1n) is 7.97. The van der Waals surface area contributed by atoms with Crippen LogP contribution in [0.3, 0.4) is 0 Å². The van der Waals surface area contributed by atoms with Gasteiger partial charge in [0.2, 0.25) is 5.91 Å². The molecule has 2 N–H and O–H groups in total. The average molecular weight is 352 g/mol. The van der Waals surface area contributed by atoms with Crippen molar-refractivity contribution in [2.24, 2.45) is 11.3 Å². The van der Waals surface area contributed by atoms with Crippen molar-refractivity contribution in [3.63, 3.8) is 0 Å². The molecule has 24 heavy (non-hydrogen) atoms. The highest BCUT2D eigenvalue weighted by atomic mass is 32.2. The van der Waals surface area contributed by atoms with Crippen molar-refractivity contribution in [2.75, 3.05) is 23.4 Å². The van der Waals surface area contributed by atoms with Gasteiger partial charge in [0.05, 0.1) is 11.5 Å². The molecule has 1 aliphatic rings. The number of nitrogens with one attached hydrogen (secondary N) is 2. The molecule has 0 aliphatic carbocycles. The van der Waals surface area contributed by atoms with Crippen LogP contribution >= 0.6 is 0 Å². The van der Waals surface area contributed by atoms with Crippen molar-refractivity contribution >= 4 is 27.3 Å². The summed E-state index contributed by atoms with van der Waals surface area (Å²) in [5.41, 5.74) is 0.472. The molecule has 132 valence electrons. The van der Waals surface area contributed by atoms with E-state index in [-0.39, 0.29) is 29.2 Å². The number of amides is 2. The fourth-order valence-corrected chi connectivity index (χ4v) is 4.29. The summed E-state index contributed by atoms with van der Waals surface area (Å²) >= 11 is 0. The van der Waals surface area contributed by atoms with Gasteiger partial charge in [0.15, 0.2) is 9.84 Å². The minimum atomic E-state index is -2.94. The Bertz CT molecular complexity index is 735. The van der Waals surface area contributed by atoms with E-state index in [0.29, 0.717) is 24.2 Å². The van der Waals surface area contributed by atoms with E-state index in [0.717, 1.165) is 0 Å². The van der Waals surface area contributed by atoms with E-state index >= 15 is 0 Å². The van der Waals surface area contributed by atoms with Gasteiger partial charge in [0, 0.05) is 23.2 Å². The van der Waals surface area contributed by atoms with E-state index in [1.54, 1.807) is 24.3 Å². The predicted molar refractivity (Wildman–Crippen MR) is 93.6 cm³/mol. The molecule has 1 aliphatic heterocycles. The van der Waals surface area contributed by atoms with Crippen LogP contribution < -0.4 is 10.6 Å². The first-order chi connectivity index (χ1) is 11.1. The number of hydrogen-bond donors (Lipinski definition) is 2. The summed E-state index contributed by atoms with van der Waals surface area (Å²) in [7, 11) is -2.94. The number of hydrogen-bond acceptors (Lipinski definition) is 4. The Morgan fingerprint density at radius 1 is 1.25 bits per heavy atom. The van der Waals surface area contributed by atoms with Gasteiger partial charge in [-0.25, -0.2) is 8.42 Å². The topological polar surface area (TPSA) is 92.3 Å².